The van der Waals surface area contributed by atoms with Gasteiger partial charge < -0.3 is 15.7 Å². The molecule has 3 unspecified atom stereocenters. The van der Waals surface area contributed by atoms with Gasteiger partial charge in [-0.25, -0.2) is 0 Å². The Bertz CT molecular complexity index is 342. The van der Waals surface area contributed by atoms with Gasteiger partial charge in [0.25, 0.3) is 0 Å². The summed E-state index contributed by atoms with van der Waals surface area (Å²) in [7, 11) is 0. The number of carbonyl (C=O) groups is 2. The predicted octanol–water partition coefficient (Wildman–Crippen LogP) is 2.55. The highest BCUT2D eigenvalue weighted by Crippen LogP contribution is 2.10. The molecule has 5 heteroatoms. The molecule has 5 nitrogen and oxygen atoms in total. The molecule has 0 aromatic rings. The van der Waals surface area contributed by atoms with Crippen LogP contribution in [0.3, 0.4) is 0 Å². The lowest BCUT2D eigenvalue weighted by Crippen LogP contribution is -2.52. The largest absolute Gasteiger partial charge is 0.481 e. The summed E-state index contributed by atoms with van der Waals surface area (Å²) in [5, 5.41) is 15.1. The fourth-order valence-corrected chi connectivity index (χ4v) is 1.97. The molecule has 0 radical (unpaired) electrons. The highest BCUT2D eigenvalue weighted by Gasteiger charge is 2.22. The van der Waals surface area contributed by atoms with E-state index in [1.165, 1.54) is 0 Å². The first-order chi connectivity index (χ1) is 9.59. The number of hydrogen-bond donors (Lipinski definition) is 3. The van der Waals surface area contributed by atoms with E-state index in [0.29, 0.717) is 6.42 Å². The van der Waals surface area contributed by atoms with E-state index in [1.54, 1.807) is 6.92 Å². The van der Waals surface area contributed by atoms with Crippen molar-refractivity contribution in [2.45, 2.75) is 84.8 Å². The van der Waals surface area contributed by atoms with E-state index < -0.39 is 5.97 Å². The maximum Gasteiger partial charge on any atom is 0.306 e. The summed E-state index contributed by atoms with van der Waals surface area (Å²) in [4.78, 5) is 22.8. The molecule has 3 N–H and O–H groups in total. The van der Waals surface area contributed by atoms with Gasteiger partial charge in [-0.1, -0.05) is 20.3 Å². The van der Waals surface area contributed by atoms with Crippen molar-refractivity contribution in [3.63, 3.8) is 0 Å². The molecule has 0 aliphatic heterocycles. The summed E-state index contributed by atoms with van der Waals surface area (Å²) in [5.74, 6) is -1.04. The Kier molecular flexibility index (Phi) is 8.55. The summed E-state index contributed by atoms with van der Waals surface area (Å²) in [6.45, 7) is 11.7. The van der Waals surface area contributed by atoms with E-state index in [1.807, 2.05) is 34.6 Å². The third-order valence-corrected chi connectivity index (χ3v) is 3.97. The Morgan fingerprint density at radius 3 is 2.19 bits per heavy atom. The lowest BCUT2D eigenvalue weighted by Gasteiger charge is -2.28. The van der Waals surface area contributed by atoms with Crippen LogP contribution in [-0.2, 0) is 9.59 Å². The topological polar surface area (TPSA) is 78.4 Å². The lowest BCUT2D eigenvalue weighted by atomic mass is 10.0. The molecule has 0 aromatic heterocycles. The van der Waals surface area contributed by atoms with Gasteiger partial charge >= 0.3 is 5.97 Å². The summed E-state index contributed by atoms with van der Waals surface area (Å²) in [5.41, 5.74) is -0.187. The van der Waals surface area contributed by atoms with Gasteiger partial charge in [-0.05, 0) is 47.0 Å². The highest BCUT2D eigenvalue weighted by atomic mass is 16.4. The van der Waals surface area contributed by atoms with Crippen molar-refractivity contribution in [2.75, 3.05) is 0 Å². The van der Waals surface area contributed by atoms with Gasteiger partial charge in [0.2, 0.25) is 5.91 Å². The second-order valence-corrected chi connectivity index (χ2v) is 6.69. The van der Waals surface area contributed by atoms with Gasteiger partial charge in [-0.3, -0.25) is 9.59 Å². The minimum absolute atomic E-state index is 0.00704. The Balaban J connectivity index is 4.06. The van der Waals surface area contributed by atoms with E-state index in [4.69, 9.17) is 5.11 Å². The highest BCUT2D eigenvalue weighted by molar-refractivity contribution is 5.82. The molecule has 21 heavy (non-hydrogen) atoms. The van der Waals surface area contributed by atoms with Crippen LogP contribution in [0, 0.1) is 5.92 Å². The number of carboxylic acid groups (broad SMARTS) is 1. The smallest absolute Gasteiger partial charge is 0.306 e. The maximum absolute atomic E-state index is 12.1. The SMILES string of the molecule is CCC(C)(C)NC(=O)C(C)NC(C)CCCC(C)C(=O)O. The minimum atomic E-state index is -0.745. The molecule has 0 fully saturated rings. The molecule has 0 heterocycles. The fraction of sp³-hybridized carbons (Fsp3) is 0.875. The average Bonchev–Trinajstić information content (AvgIpc) is 2.37. The first kappa shape index (κ1) is 19.9. The van der Waals surface area contributed by atoms with Crippen molar-refractivity contribution in [1.29, 1.82) is 0 Å². The zero-order valence-electron chi connectivity index (χ0n) is 14.3. The Hall–Kier alpha value is -1.10. The average molecular weight is 300 g/mol. The number of aliphatic carboxylic acids is 1. The molecule has 0 saturated heterocycles. The molecule has 1 amide bonds. The van der Waals surface area contributed by atoms with Crippen molar-refractivity contribution in [1.82, 2.24) is 10.6 Å². The van der Waals surface area contributed by atoms with Gasteiger partial charge in [0, 0.05) is 11.6 Å². The predicted molar refractivity (Wildman–Crippen MR) is 85.2 cm³/mol. The van der Waals surface area contributed by atoms with Gasteiger partial charge in [0.1, 0.15) is 0 Å². The van der Waals surface area contributed by atoms with Gasteiger partial charge in [-0.15, -0.1) is 0 Å². The summed E-state index contributed by atoms with van der Waals surface area (Å²) in [6, 6.07) is -0.0563. The zero-order valence-corrected chi connectivity index (χ0v) is 14.3. The van der Waals surface area contributed by atoms with Gasteiger partial charge in [0.15, 0.2) is 0 Å². The van der Waals surface area contributed by atoms with Crippen molar-refractivity contribution >= 4 is 11.9 Å². The van der Waals surface area contributed by atoms with Crippen LogP contribution in [-0.4, -0.2) is 34.6 Å². The Labute approximate surface area is 128 Å². The summed E-state index contributed by atoms with van der Waals surface area (Å²) >= 11 is 0. The summed E-state index contributed by atoms with van der Waals surface area (Å²) < 4.78 is 0. The molecular formula is C16H32N2O3. The van der Waals surface area contributed by atoms with Crippen LogP contribution in [0.15, 0.2) is 0 Å². The molecule has 0 aliphatic carbocycles. The molecule has 0 rings (SSSR count). The Morgan fingerprint density at radius 2 is 1.71 bits per heavy atom. The van der Waals surface area contributed by atoms with E-state index in [0.717, 1.165) is 19.3 Å². The monoisotopic (exact) mass is 300 g/mol. The molecule has 0 aliphatic rings. The fourth-order valence-electron chi connectivity index (χ4n) is 1.97. The number of nitrogens with one attached hydrogen (secondary N) is 2. The third kappa shape index (κ3) is 8.71. The van der Waals surface area contributed by atoms with Crippen molar-refractivity contribution in [3.05, 3.63) is 0 Å². The zero-order chi connectivity index (χ0) is 16.6. The molecular weight excluding hydrogens is 268 g/mol. The summed E-state index contributed by atoms with van der Waals surface area (Å²) in [6.07, 6.45) is 3.27. The molecule has 0 saturated carbocycles. The molecule has 0 spiro atoms. The van der Waals surface area contributed by atoms with Crippen LogP contribution < -0.4 is 10.6 Å². The number of amides is 1. The minimum Gasteiger partial charge on any atom is -0.481 e. The second-order valence-electron chi connectivity index (χ2n) is 6.69. The normalized spacial score (nSPS) is 16.1. The third-order valence-electron chi connectivity index (χ3n) is 3.97. The Morgan fingerprint density at radius 1 is 1.14 bits per heavy atom. The first-order valence-corrected chi connectivity index (χ1v) is 7.90. The quantitative estimate of drug-likeness (QED) is 0.579. The number of carboxylic acids is 1. The van der Waals surface area contributed by atoms with Gasteiger partial charge in [-0.2, -0.15) is 0 Å². The maximum atomic E-state index is 12.1. The molecule has 124 valence electrons. The van der Waals surface area contributed by atoms with Crippen LogP contribution in [0.25, 0.3) is 0 Å². The van der Waals surface area contributed by atoms with Crippen LogP contribution >= 0.6 is 0 Å². The van der Waals surface area contributed by atoms with Crippen LogP contribution in [0.2, 0.25) is 0 Å². The van der Waals surface area contributed by atoms with Crippen LogP contribution in [0.4, 0.5) is 0 Å². The van der Waals surface area contributed by atoms with E-state index in [2.05, 4.69) is 10.6 Å². The number of hydrogen-bond acceptors (Lipinski definition) is 3. The first-order valence-electron chi connectivity index (χ1n) is 7.90. The molecule has 0 aromatic carbocycles. The number of rotatable bonds is 10. The molecule has 0 bridgehead atoms. The van der Waals surface area contributed by atoms with Crippen molar-refractivity contribution in [3.8, 4) is 0 Å². The lowest BCUT2D eigenvalue weighted by molar-refractivity contribution is -0.141. The second kappa shape index (κ2) is 9.03. The van der Waals surface area contributed by atoms with Crippen LogP contribution in [0.5, 0.6) is 0 Å². The number of carbonyl (C=O) groups excluding carboxylic acids is 1. The van der Waals surface area contributed by atoms with Crippen LogP contribution in [0.1, 0.15) is 67.2 Å². The molecule has 3 atom stereocenters. The van der Waals surface area contributed by atoms with Crippen molar-refractivity contribution in [2.24, 2.45) is 5.92 Å². The van der Waals surface area contributed by atoms with E-state index in [-0.39, 0.29) is 29.4 Å². The van der Waals surface area contributed by atoms with E-state index in [9.17, 15) is 9.59 Å². The van der Waals surface area contributed by atoms with Crippen molar-refractivity contribution < 1.29 is 14.7 Å². The standard InChI is InChI=1S/C16H32N2O3/c1-7-16(5,6)18-14(19)13(4)17-12(3)10-8-9-11(2)15(20)21/h11-13,17H,7-10H2,1-6H3,(H,18,19)(H,20,21). The van der Waals surface area contributed by atoms with Gasteiger partial charge in [0.05, 0.1) is 12.0 Å². The van der Waals surface area contributed by atoms with E-state index >= 15 is 0 Å².